The van der Waals surface area contributed by atoms with Crippen LogP contribution < -0.4 is 19.6 Å². The van der Waals surface area contributed by atoms with Crippen molar-refractivity contribution in [3.05, 3.63) is 59.8 Å². The number of H-pyrrole nitrogens is 1. The Morgan fingerprint density at radius 2 is 1.71 bits per heavy atom. The molecule has 1 heterocycles. The molecule has 0 aliphatic carbocycles. The first-order chi connectivity index (χ1) is 13.7. The molecule has 0 aliphatic rings. The molecule has 3 rings (SSSR count). The molecule has 8 heteroatoms. The highest BCUT2D eigenvalue weighted by Crippen LogP contribution is 2.32. The first-order valence-electron chi connectivity index (χ1n) is 8.40. The van der Waals surface area contributed by atoms with E-state index in [4.69, 9.17) is 14.2 Å². The van der Waals surface area contributed by atoms with Gasteiger partial charge < -0.3 is 14.2 Å². The number of aromatic nitrogens is 2. The van der Waals surface area contributed by atoms with Crippen molar-refractivity contribution in [3.63, 3.8) is 0 Å². The third-order valence-corrected chi connectivity index (χ3v) is 4.00. The maximum atomic E-state index is 12.3. The molecule has 0 bridgehead atoms. The summed E-state index contributed by atoms with van der Waals surface area (Å²) in [7, 11) is 4.61. The van der Waals surface area contributed by atoms with Gasteiger partial charge in [0, 0.05) is 17.7 Å². The van der Waals surface area contributed by atoms with E-state index >= 15 is 0 Å². The summed E-state index contributed by atoms with van der Waals surface area (Å²) in [6.07, 6.45) is 1.45. The fourth-order valence-corrected chi connectivity index (χ4v) is 2.57. The molecule has 8 nitrogen and oxygen atoms in total. The van der Waals surface area contributed by atoms with E-state index in [-0.39, 0.29) is 0 Å². The van der Waals surface area contributed by atoms with Gasteiger partial charge in [-0.2, -0.15) is 10.2 Å². The summed E-state index contributed by atoms with van der Waals surface area (Å²) in [4.78, 5) is 12.3. The monoisotopic (exact) mass is 380 g/mol. The molecule has 0 saturated heterocycles. The Bertz CT molecular complexity index is 958. The van der Waals surface area contributed by atoms with Crippen molar-refractivity contribution in [2.45, 2.75) is 0 Å². The van der Waals surface area contributed by atoms with Gasteiger partial charge in [0.15, 0.2) is 0 Å². The number of rotatable bonds is 7. The number of hydrogen-bond acceptors (Lipinski definition) is 6. The lowest BCUT2D eigenvalue weighted by atomic mass is 10.1. The minimum Gasteiger partial charge on any atom is -0.496 e. The minimum atomic E-state index is -0.419. The Hall–Kier alpha value is -3.81. The van der Waals surface area contributed by atoms with E-state index in [9.17, 15) is 4.79 Å². The highest BCUT2D eigenvalue weighted by molar-refractivity contribution is 5.95. The lowest BCUT2D eigenvalue weighted by Crippen LogP contribution is -2.18. The smallest absolute Gasteiger partial charge is 0.289 e. The quantitative estimate of drug-likeness (QED) is 0.485. The van der Waals surface area contributed by atoms with Crippen molar-refractivity contribution < 1.29 is 19.0 Å². The van der Waals surface area contributed by atoms with Crippen LogP contribution in [0.5, 0.6) is 17.2 Å². The number of nitrogens with zero attached hydrogens (tertiary/aromatic N) is 2. The van der Waals surface area contributed by atoms with E-state index in [2.05, 4.69) is 20.7 Å². The van der Waals surface area contributed by atoms with Crippen LogP contribution in [0.2, 0.25) is 0 Å². The number of ether oxygens (including phenoxy) is 3. The molecule has 1 aromatic heterocycles. The van der Waals surface area contributed by atoms with E-state index < -0.39 is 5.91 Å². The first-order valence-corrected chi connectivity index (χ1v) is 8.40. The Morgan fingerprint density at radius 3 is 2.32 bits per heavy atom. The second kappa shape index (κ2) is 8.72. The van der Waals surface area contributed by atoms with Crippen LogP contribution in [0.15, 0.2) is 53.6 Å². The molecule has 0 spiro atoms. The van der Waals surface area contributed by atoms with Crippen LogP contribution in [-0.4, -0.2) is 43.6 Å². The van der Waals surface area contributed by atoms with E-state index in [1.165, 1.54) is 20.4 Å². The van der Waals surface area contributed by atoms with Crippen molar-refractivity contribution in [2.75, 3.05) is 21.3 Å². The molecule has 0 saturated carbocycles. The molecular weight excluding hydrogens is 360 g/mol. The van der Waals surface area contributed by atoms with Crippen molar-refractivity contribution in [1.82, 2.24) is 15.6 Å². The second-order valence-electron chi connectivity index (χ2n) is 5.68. The average Bonchev–Trinajstić information content (AvgIpc) is 3.24. The number of methoxy groups -OCH3 is 3. The lowest BCUT2D eigenvalue weighted by Gasteiger charge is -2.12. The number of aromatic amines is 1. The van der Waals surface area contributed by atoms with Crippen LogP contribution in [0.3, 0.4) is 0 Å². The highest BCUT2D eigenvalue weighted by Gasteiger charge is 2.13. The molecule has 0 fully saturated rings. The molecule has 3 aromatic rings. The Morgan fingerprint density at radius 1 is 1.04 bits per heavy atom. The van der Waals surface area contributed by atoms with Crippen molar-refractivity contribution in [2.24, 2.45) is 5.10 Å². The molecule has 1 amide bonds. The number of nitrogens with one attached hydrogen (secondary N) is 2. The van der Waals surface area contributed by atoms with Gasteiger partial charge in [0.05, 0.1) is 38.8 Å². The van der Waals surface area contributed by atoms with Gasteiger partial charge in [-0.15, -0.1) is 0 Å². The molecule has 2 N–H and O–H groups in total. The summed E-state index contributed by atoms with van der Waals surface area (Å²) in [5.74, 6) is 1.17. The van der Waals surface area contributed by atoms with Crippen LogP contribution in [-0.2, 0) is 0 Å². The molecule has 28 heavy (non-hydrogen) atoms. The van der Waals surface area contributed by atoms with Crippen LogP contribution in [0.1, 0.15) is 16.1 Å². The van der Waals surface area contributed by atoms with Gasteiger partial charge in [0.2, 0.25) is 0 Å². The molecule has 144 valence electrons. The molecular formula is C20H20N4O4. The van der Waals surface area contributed by atoms with Gasteiger partial charge in [-0.25, -0.2) is 5.43 Å². The number of benzene rings is 2. The molecule has 0 unspecified atom stereocenters. The number of hydrogen-bond donors (Lipinski definition) is 2. The number of amides is 1. The Kier molecular flexibility index (Phi) is 5.91. The van der Waals surface area contributed by atoms with E-state index in [1.54, 1.807) is 25.3 Å². The Balaban J connectivity index is 1.75. The Labute approximate surface area is 162 Å². The number of carbonyl (C=O) groups is 1. The van der Waals surface area contributed by atoms with Crippen LogP contribution >= 0.6 is 0 Å². The largest absolute Gasteiger partial charge is 0.496 e. The zero-order valence-corrected chi connectivity index (χ0v) is 15.7. The number of carbonyl (C=O) groups excluding carboxylic acids is 1. The normalized spacial score (nSPS) is 10.7. The third-order valence-electron chi connectivity index (χ3n) is 4.00. The highest BCUT2D eigenvalue weighted by atomic mass is 16.5. The molecule has 0 atom stereocenters. The first kappa shape index (κ1) is 19.0. The van der Waals surface area contributed by atoms with Gasteiger partial charge in [-0.05, 0) is 6.07 Å². The number of hydrazone groups is 1. The summed E-state index contributed by atoms with van der Waals surface area (Å²) < 4.78 is 15.9. The maximum Gasteiger partial charge on any atom is 0.289 e. The van der Waals surface area contributed by atoms with Crippen LogP contribution in [0.25, 0.3) is 11.3 Å². The summed E-state index contributed by atoms with van der Waals surface area (Å²) in [6, 6.07) is 14.6. The van der Waals surface area contributed by atoms with E-state index in [1.807, 2.05) is 30.3 Å². The molecule has 0 aliphatic heterocycles. The lowest BCUT2D eigenvalue weighted by molar-refractivity contribution is 0.0950. The zero-order chi connectivity index (χ0) is 19.9. The predicted molar refractivity (Wildman–Crippen MR) is 105 cm³/mol. The third kappa shape index (κ3) is 4.12. The molecule has 2 aromatic carbocycles. The maximum absolute atomic E-state index is 12.3. The van der Waals surface area contributed by atoms with Gasteiger partial charge in [-0.3, -0.25) is 9.89 Å². The minimum absolute atomic E-state index is 0.296. The van der Waals surface area contributed by atoms with Gasteiger partial charge in [0.25, 0.3) is 5.91 Å². The van der Waals surface area contributed by atoms with Crippen molar-refractivity contribution in [3.8, 4) is 28.5 Å². The summed E-state index contributed by atoms with van der Waals surface area (Å²) in [5, 5.41) is 10.9. The van der Waals surface area contributed by atoms with E-state index in [0.29, 0.717) is 34.2 Å². The van der Waals surface area contributed by atoms with Crippen LogP contribution in [0, 0.1) is 0 Å². The second-order valence-corrected chi connectivity index (χ2v) is 5.68. The van der Waals surface area contributed by atoms with Crippen LogP contribution in [0.4, 0.5) is 0 Å². The van der Waals surface area contributed by atoms with Gasteiger partial charge in [-0.1, -0.05) is 30.3 Å². The molecule has 0 radical (unpaired) electrons. The summed E-state index contributed by atoms with van der Waals surface area (Å²) in [6.45, 7) is 0. The average molecular weight is 380 g/mol. The predicted octanol–water partition coefficient (Wildman–Crippen LogP) is 2.87. The fraction of sp³-hybridized carbons (Fsp3) is 0.150. The van der Waals surface area contributed by atoms with E-state index in [0.717, 1.165) is 5.56 Å². The fourth-order valence-electron chi connectivity index (χ4n) is 2.57. The van der Waals surface area contributed by atoms with Gasteiger partial charge >= 0.3 is 0 Å². The topological polar surface area (TPSA) is 97.8 Å². The summed E-state index contributed by atoms with van der Waals surface area (Å²) in [5.41, 5.74) is 4.91. The summed E-state index contributed by atoms with van der Waals surface area (Å²) >= 11 is 0. The standard InChI is InChI=1S/C20H20N4O4/c1-26-14-9-18(27-2)15(19(10-14)28-3)12-21-24-20(25)17-11-16(22-23-17)13-7-5-4-6-8-13/h4-12H,1-3H3,(H,22,23)(H,24,25)/b21-12+. The van der Waals surface area contributed by atoms with Crippen molar-refractivity contribution >= 4 is 12.1 Å². The van der Waals surface area contributed by atoms with Crippen molar-refractivity contribution in [1.29, 1.82) is 0 Å². The van der Waals surface area contributed by atoms with Gasteiger partial charge in [0.1, 0.15) is 22.9 Å². The zero-order valence-electron chi connectivity index (χ0n) is 15.7. The SMILES string of the molecule is COc1cc(OC)c(/C=N/NC(=O)c2cc(-c3ccccc3)n[nH]2)c(OC)c1.